The second kappa shape index (κ2) is 5.30. The molecule has 2 N–H and O–H groups in total. The van der Waals surface area contributed by atoms with E-state index in [9.17, 15) is 0 Å². The van der Waals surface area contributed by atoms with E-state index in [1.807, 2.05) is 52.0 Å². The van der Waals surface area contributed by atoms with Crippen molar-refractivity contribution >= 4 is 15.9 Å². The molecule has 1 unspecified atom stereocenters. The first-order chi connectivity index (χ1) is 9.18. The van der Waals surface area contributed by atoms with Gasteiger partial charge in [-0.05, 0) is 31.0 Å². The van der Waals surface area contributed by atoms with Crippen molar-refractivity contribution in [1.29, 1.82) is 0 Å². The molecule has 0 aliphatic heterocycles. The molecule has 1 atom stereocenters. The average molecular weight is 338 g/mol. The average Bonchev–Trinajstić information content (AvgIpc) is 2.82. The van der Waals surface area contributed by atoms with Crippen molar-refractivity contribution in [1.82, 2.24) is 10.1 Å². The molecule has 0 spiro atoms. The van der Waals surface area contributed by atoms with Crippen LogP contribution >= 0.6 is 15.9 Å². The summed E-state index contributed by atoms with van der Waals surface area (Å²) in [5, 5.41) is 4.05. The lowest BCUT2D eigenvalue weighted by molar-refractivity contribution is 0.311. The van der Waals surface area contributed by atoms with Gasteiger partial charge >= 0.3 is 0 Å². The molecule has 2 aromatic rings. The molecule has 20 heavy (non-hydrogen) atoms. The van der Waals surface area contributed by atoms with Gasteiger partial charge in [0.1, 0.15) is 0 Å². The van der Waals surface area contributed by atoms with Crippen molar-refractivity contribution in [2.24, 2.45) is 5.73 Å². The predicted molar refractivity (Wildman–Crippen MR) is 82.4 cm³/mol. The fourth-order valence-corrected chi connectivity index (χ4v) is 2.13. The molecule has 0 fully saturated rings. The maximum absolute atomic E-state index is 6.37. The summed E-state index contributed by atoms with van der Waals surface area (Å²) in [6.45, 7) is 8.03. The number of aromatic nitrogens is 2. The lowest BCUT2D eigenvalue weighted by Crippen LogP contribution is -2.37. The third-order valence-electron chi connectivity index (χ3n) is 3.06. The molecule has 0 amide bonds. The van der Waals surface area contributed by atoms with Crippen LogP contribution in [0, 0.1) is 0 Å². The van der Waals surface area contributed by atoms with Crippen LogP contribution in [0.1, 0.15) is 45.0 Å². The summed E-state index contributed by atoms with van der Waals surface area (Å²) < 4.78 is 6.37. The highest BCUT2D eigenvalue weighted by Crippen LogP contribution is 2.25. The van der Waals surface area contributed by atoms with Gasteiger partial charge in [0.25, 0.3) is 0 Å². The summed E-state index contributed by atoms with van der Waals surface area (Å²) in [4.78, 5) is 4.45. The number of rotatable bonds is 3. The van der Waals surface area contributed by atoms with Gasteiger partial charge in [-0.3, -0.25) is 0 Å². The van der Waals surface area contributed by atoms with Crippen LogP contribution < -0.4 is 5.73 Å². The summed E-state index contributed by atoms with van der Waals surface area (Å²) in [6, 6.07) is 8.09. The van der Waals surface area contributed by atoms with E-state index in [0.717, 1.165) is 10.0 Å². The van der Waals surface area contributed by atoms with Crippen LogP contribution in [0.2, 0.25) is 0 Å². The Morgan fingerprint density at radius 3 is 2.25 bits per heavy atom. The molecule has 4 nitrogen and oxygen atoms in total. The van der Waals surface area contributed by atoms with Crippen LogP contribution in [-0.4, -0.2) is 10.1 Å². The fraction of sp³-hybridized carbons (Fsp3) is 0.467. The van der Waals surface area contributed by atoms with Crippen molar-refractivity contribution in [3.05, 3.63) is 46.0 Å². The lowest BCUT2D eigenvalue weighted by atomic mass is 9.92. The molecule has 2 rings (SSSR count). The Hall–Kier alpha value is -1.20. The maximum atomic E-state index is 6.37. The van der Waals surface area contributed by atoms with Gasteiger partial charge < -0.3 is 10.3 Å². The molecule has 0 saturated carbocycles. The van der Waals surface area contributed by atoms with E-state index in [-0.39, 0.29) is 5.41 Å². The summed E-state index contributed by atoms with van der Waals surface area (Å²) in [5.41, 5.74) is 6.69. The quantitative estimate of drug-likeness (QED) is 0.930. The third kappa shape index (κ3) is 3.46. The second-order valence-electron chi connectivity index (χ2n) is 6.39. The van der Waals surface area contributed by atoms with Gasteiger partial charge in [-0.1, -0.05) is 54.0 Å². The van der Waals surface area contributed by atoms with Gasteiger partial charge in [0.2, 0.25) is 5.89 Å². The summed E-state index contributed by atoms with van der Waals surface area (Å²) in [5.74, 6) is 1.16. The Balaban J connectivity index is 2.21. The fourth-order valence-electron chi connectivity index (χ4n) is 1.87. The first-order valence-electron chi connectivity index (χ1n) is 6.56. The number of hydrogen-bond acceptors (Lipinski definition) is 4. The Morgan fingerprint density at radius 1 is 1.15 bits per heavy atom. The molecule has 108 valence electrons. The Kier molecular flexibility index (Phi) is 4.02. The van der Waals surface area contributed by atoms with Crippen LogP contribution in [-0.2, 0) is 17.4 Å². The van der Waals surface area contributed by atoms with E-state index in [1.165, 1.54) is 0 Å². The van der Waals surface area contributed by atoms with Gasteiger partial charge in [0, 0.05) is 9.89 Å². The number of nitrogens with two attached hydrogens (primary N) is 1. The van der Waals surface area contributed by atoms with E-state index in [0.29, 0.717) is 18.1 Å². The molecule has 0 aliphatic rings. The second-order valence-corrected chi connectivity index (χ2v) is 7.31. The molecular formula is C15H20BrN3O. The number of nitrogens with zero attached hydrogens (tertiary/aromatic N) is 2. The molecule has 0 radical (unpaired) electrons. The zero-order valence-corrected chi connectivity index (χ0v) is 13.9. The Labute approximate surface area is 127 Å². The van der Waals surface area contributed by atoms with E-state index >= 15 is 0 Å². The normalized spacial score (nSPS) is 15.1. The maximum Gasteiger partial charge on any atom is 0.232 e. The van der Waals surface area contributed by atoms with Crippen LogP contribution in [0.3, 0.4) is 0 Å². The number of halogens is 1. The highest BCUT2D eigenvalue weighted by atomic mass is 79.9. The standard InChI is InChI=1S/C15H20BrN3O/c1-14(2,3)13-18-12(19-20-13)15(4,17)9-10-5-7-11(16)8-6-10/h5-8H,9,17H2,1-4H3. The monoisotopic (exact) mass is 337 g/mol. The smallest absolute Gasteiger partial charge is 0.232 e. The van der Waals surface area contributed by atoms with Gasteiger partial charge in [0.05, 0.1) is 5.54 Å². The lowest BCUT2D eigenvalue weighted by Gasteiger charge is -2.20. The van der Waals surface area contributed by atoms with Crippen molar-refractivity contribution in [3.63, 3.8) is 0 Å². The molecule has 1 aromatic carbocycles. The first-order valence-corrected chi connectivity index (χ1v) is 7.36. The number of hydrogen-bond donors (Lipinski definition) is 1. The van der Waals surface area contributed by atoms with Crippen molar-refractivity contribution in [2.75, 3.05) is 0 Å². The summed E-state index contributed by atoms with van der Waals surface area (Å²) >= 11 is 3.42. The predicted octanol–water partition coefficient (Wildman–Crippen LogP) is 3.55. The Morgan fingerprint density at radius 2 is 1.75 bits per heavy atom. The van der Waals surface area contributed by atoms with Crippen LogP contribution in [0.5, 0.6) is 0 Å². The number of benzene rings is 1. The van der Waals surface area contributed by atoms with Crippen LogP contribution in [0.4, 0.5) is 0 Å². The molecule has 0 aliphatic carbocycles. The van der Waals surface area contributed by atoms with Crippen LogP contribution in [0.25, 0.3) is 0 Å². The molecule has 1 heterocycles. The Bertz CT molecular complexity index is 582. The van der Waals surface area contributed by atoms with Crippen molar-refractivity contribution < 1.29 is 4.52 Å². The largest absolute Gasteiger partial charge is 0.339 e. The molecule has 1 aromatic heterocycles. The zero-order valence-electron chi connectivity index (χ0n) is 12.3. The SMILES string of the molecule is CC(C)(C)c1nc(C(C)(N)Cc2ccc(Br)cc2)no1. The molecule has 5 heteroatoms. The molecule has 0 saturated heterocycles. The van der Waals surface area contributed by atoms with E-state index in [4.69, 9.17) is 10.3 Å². The minimum Gasteiger partial charge on any atom is -0.339 e. The van der Waals surface area contributed by atoms with E-state index in [2.05, 4.69) is 26.1 Å². The van der Waals surface area contributed by atoms with Gasteiger partial charge in [-0.25, -0.2) is 0 Å². The molecule has 0 bridgehead atoms. The zero-order chi connectivity index (χ0) is 15.0. The minimum atomic E-state index is -0.652. The van der Waals surface area contributed by atoms with E-state index in [1.54, 1.807) is 0 Å². The highest BCUT2D eigenvalue weighted by Gasteiger charge is 2.30. The highest BCUT2D eigenvalue weighted by molar-refractivity contribution is 9.10. The van der Waals surface area contributed by atoms with E-state index < -0.39 is 5.54 Å². The summed E-state index contributed by atoms with van der Waals surface area (Å²) in [7, 11) is 0. The minimum absolute atomic E-state index is 0.168. The van der Waals surface area contributed by atoms with Gasteiger partial charge in [0.15, 0.2) is 5.82 Å². The topological polar surface area (TPSA) is 64.9 Å². The van der Waals surface area contributed by atoms with Crippen LogP contribution in [0.15, 0.2) is 33.3 Å². The van der Waals surface area contributed by atoms with Crippen molar-refractivity contribution in [3.8, 4) is 0 Å². The van der Waals surface area contributed by atoms with Crippen molar-refractivity contribution in [2.45, 2.75) is 45.1 Å². The van der Waals surface area contributed by atoms with Gasteiger partial charge in [-0.15, -0.1) is 0 Å². The summed E-state index contributed by atoms with van der Waals surface area (Å²) in [6.07, 6.45) is 0.656. The molecular weight excluding hydrogens is 318 g/mol. The van der Waals surface area contributed by atoms with Gasteiger partial charge in [-0.2, -0.15) is 4.98 Å². The first kappa shape index (κ1) is 15.2. The third-order valence-corrected chi connectivity index (χ3v) is 3.59.